The second-order valence-electron chi connectivity index (χ2n) is 3.38. The first-order valence-corrected chi connectivity index (χ1v) is 5.92. The Morgan fingerprint density at radius 1 is 1.28 bits per heavy atom. The zero-order chi connectivity index (χ0) is 13.5. The van der Waals surface area contributed by atoms with Crippen molar-refractivity contribution in [2.45, 2.75) is 26.2 Å². The lowest BCUT2D eigenvalue weighted by Gasteiger charge is -2.02. The van der Waals surface area contributed by atoms with Crippen molar-refractivity contribution in [3.8, 4) is 0 Å². The minimum absolute atomic E-state index is 0.0190. The number of imide groups is 1. The molecule has 0 spiro atoms. The number of hydrogen-bond acceptors (Lipinski definition) is 6. The molecule has 0 fully saturated rings. The fourth-order valence-electron chi connectivity index (χ4n) is 1.06. The lowest BCUT2D eigenvalue weighted by molar-refractivity contribution is -0.137. The maximum absolute atomic E-state index is 11.3. The molecule has 0 unspecified atom stereocenters. The Morgan fingerprint density at radius 3 is 2.56 bits per heavy atom. The summed E-state index contributed by atoms with van der Waals surface area (Å²) in [6.07, 6.45) is 0.0614. The van der Waals surface area contributed by atoms with E-state index in [0.717, 1.165) is 0 Å². The number of nitrogens with zero attached hydrogens (tertiary/aromatic N) is 2. The summed E-state index contributed by atoms with van der Waals surface area (Å²) in [6.45, 7) is 1.73. The number of carbonyl (C=O) groups is 3. The van der Waals surface area contributed by atoms with Crippen molar-refractivity contribution in [1.29, 1.82) is 0 Å². The molecular weight excluding hydrogens is 260 g/mol. The number of rotatable bonds is 5. The van der Waals surface area contributed by atoms with E-state index in [9.17, 15) is 14.4 Å². The van der Waals surface area contributed by atoms with Crippen LogP contribution in [0.3, 0.4) is 0 Å². The number of aliphatic carboxylic acids is 1. The molecule has 0 atom stereocenters. The van der Waals surface area contributed by atoms with Gasteiger partial charge >= 0.3 is 12.0 Å². The number of hydrogen-bond donors (Lipinski definition) is 3. The molecule has 3 N–H and O–H groups in total. The molecule has 8 nitrogen and oxygen atoms in total. The smallest absolute Gasteiger partial charge is 0.327 e. The summed E-state index contributed by atoms with van der Waals surface area (Å²) >= 11 is 1.18. The number of anilines is 1. The van der Waals surface area contributed by atoms with Gasteiger partial charge in [0, 0.05) is 12.8 Å². The summed E-state index contributed by atoms with van der Waals surface area (Å²) < 4.78 is 0. The van der Waals surface area contributed by atoms with Crippen LogP contribution in [0.25, 0.3) is 0 Å². The van der Waals surface area contributed by atoms with Crippen molar-refractivity contribution in [1.82, 2.24) is 15.5 Å². The van der Waals surface area contributed by atoms with Crippen molar-refractivity contribution in [2.75, 3.05) is 5.32 Å². The van der Waals surface area contributed by atoms with E-state index in [1.807, 2.05) is 0 Å². The van der Waals surface area contributed by atoms with E-state index in [4.69, 9.17) is 5.11 Å². The molecule has 1 rings (SSSR count). The third kappa shape index (κ3) is 5.34. The molecular formula is C9H12N4O4S. The molecule has 1 aromatic rings. The van der Waals surface area contributed by atoms with Gasteiger partial charge in [-0.3, -0.25) is 20.2 Å². The summed E-state index contributed by atoms with van der Waals surface area (Å²) in [4.78, 5) is 32.8. The molecule has 0 aromatic carbocycles. The van der Waals surface area contributed by atoms with Crippen LogP contribution >= 0.6 is 11.3 Å². The molecule has 18 heavy (non-hydrogen) atoms. The Labute approximate surface area is 106 Å². The number of urea groups is 1. The van der Waals surface area contributed by atoms with Gasteiger partial charge in [0.25, 0.3) is 0 Å². The van der Waals surface area contributed by atoms with Crippen LogP contribution in [0.4, 0.5) is 9.93 Å². The largest absolute Gasteiger partial charge is 0.481 e. The molecule has 9 heteroatoms. The van der Waals surface area contributed by atoms with E-state index in [1.165, 1.54) is 11.3 Å². The molecule has 0 saturated heterocycles. The van der Waals surface area contributed by atoms with Crippen LogP contribution in [-0.2, 0) is 9.59 Å². The summed E-state index contributed by atoms with van der Waals surface area (Å²) in [6, 6.07) is -0.702. The first-order chi connectivity index (χ1) is 8.47. The Kier molecular flexibility index (Phi) is 5.18. The lowest BCUT2D eigenvalue weighted by Crippen LogP contribution is -2.34. The predicted octanol–water partition coefficient (Wildman–Crippen LogP) is 0.750. The van der Waals surface area contributed by atoms with Gasteiger partial charge in [0.05, 0.1) is 0 Å². The predicted molar refractivity (Wildman–Crippen MR) is 63.3 cm³/mol. The Bertz CT molecular complexity index is 459. The number of aryl methyl sites for hydroxylation is 1. The quantitative estimate of drug-likeness (QED) is 0.727. The van der Waals surface area contributed by atoms with Crippen LogP contribution < -0.4 is 10.6 Å². The highest BCUT2D eigenvalue weighted by molar-refractivity contribution is 7.15. The van der Waals surface area contributed by atoms with Gasteiger partial charge in [0.1, 0.15) is 5.01 Å². The topological polar surface area (TPSA) is 121 Å². The van der Waals surface area contributed by atoms with Crippen molar-refractivity contribution < 1.29 is 19.5 Å². The van der Waals surface area contributed by atoms with Crippen molar-refractivity contribution in [3.05, 3.63) is 5.01 Å². The van der Waals surface area contributed by atoms with Gasteiger partial charge in [-0.1, -0.05) is 11.3 Å². The normalized spacial score (nSPS) is 9.83. The van der Waals surface area contributed by atoms with E-state index in [2.05, 4.69) is 20.8 Å². The first-order valence-electron chi connectivity index (χ1n) is 5.10. The highest BCUT2D eigenvalue weighted by Gasteiger charge is 2.10. The molecule has 0 radical (unpaired) electrons. The van der Waals surface area contributed by atoms with Crippen molar-refractivity contribution >= 4 is 34.4 Å². The zero-order valence-corrected chi connectivity index (χ0v) is 10.4. The fourth-order valence-corrected chi connectivity index (χ4v) is 1.65. The van der Waals surface area contributed by atoms with Crippen LogP contribution in [0.15, 0.2) is 0 Å². The second-order valence-corrected chi connectivity index (χ2v) is 4.56. The molecule has 0 aliphatic heterocycles. The molecule has 0 bridgehead atoms. The molecule has 1 aromatic heterocycles. The van der Waals surface area contributed by atoms with Gasteiger partial charge in [0.15, 0.2) is 0 Å². The van der Waals surface area contributed by atoms with Crippen molar-refractivity contribution in [2.24, 2.45) is 0 Å². The maximum atomic E-state index is 11.3. The number of amides is 3. The molecule has 0 aliphatic carbocycles. The minimum Gasteiger partial charge on any atom is -0.481 e. The van der Waals surface area contributed by atoms with Gasteiger partial charge in [-0.2, -0.15) is 0 Å². The molecule has 1 heterocycles. The van der Waals surface area contributed by atoms with E-state index in [1.54, 1.807) is 6.92 Å². The van der Waals surface area contributed by atoms with Gasteiger partial charge < -0.3 is 5.11 Å². The van der Waals surface area contributed by atoms with Crippen LogP contribution in [0, 0.1) is 6.92 Å². The van der Waals surface area contributed by atoms with Crippen LogP contribution in [0.1, 0.15) is 24.3 Å². The summed E-state index contributed by atoms with van der Waals surface area (Å²) in [5.74, 6) is -1.51. The fraction of sp³-hybridized carbons (Fsp3) is 0.444. The third-order valence-corrected chi connectivity index (χ3v) is 2.55. The van der Waals surface area contributed by atoms with Crippen LogP contribution in [-0.4, -0.2) is 33.2 Å². The number of carboxylic acid groups (broad SMARTS) is 1. The zero-order valence-electron chi connectivity index (χ0n) is 9.60. The third-order valence-electron chi connectivity index (χ3n) is 1.79. The number of nitrogens with one attached hydrogen (secondary N) is 2. The highest BCUT2D eigenvalue weighted by atomic mass is 32.1. The number of aromatic nitrogens is 2. The minimum atomic E-state index is -0.975. The highest BCUT2D eigenvalue weighted by Crippen LogP contribution is 2.12. The molecule has 0 saturated carbocycles. The van der Waals surface area contributed by atoms with Gasteiger partial charge in [0.2, 0.25) is 11.0 Å². The van der Waals surface area contributed by atoms with E-state index < -0.39 is 17.9 Å². The van der Waals surface area contributed by atoms with Crippen LogP contribution in [0.5, 0.6) is 0 Å². The lowest BCUT2D eigenvalue weighted by atomic mass is 10.2. The summed E-state index contributed by atoms with van der Waals surface area (Å²) in [5.41, 5.74) is 0. The van der Waals surface area contributed by atoms with Crippen LogP contribution in [0.2, 0.25) is 0 Å². The maximum Gasteiger partial charge on any atom is 0.327 e. The van der Waals surface area contributed by atoms with Gasteiger partial charge in [-0.25, -0.2) is 4.79 Å². The number of carbonyl (C=O) groups excluding carboxylic acids is 2. The van der Waals surface area contributed by atoms with E-state index in [-0.39, 0.29) is 19.3 Å². The first kappa shape index (κ1) is 14.0. The number of carboxylic acids is 1. The standard InChI is InChI=1S/C9H12N4O4S/c1-5-12-13-9(18-5)11-8(17)10-6(14)3-2-4-7(15)16/h2-4H2,1H3,(H,15,16)(H2,10,11,13,14,17). The van der Waals surface area contributed by atoms with E-state index in [0.29, 0.717) is 10.1 Å². The molecule has 3 amide bonds. The van der Waals surface area contributed by atoms with Gasteiger partial charge in [-0.05, 0) is 13.3 Å². The van der Waals surface area contributed by atoms with Gasteiger partial charge in [-0.15, -0.1) is 10.2 Å². The molecule has 98 valence electrons. The van der Waals surface area contributed by atoms with Crippen molar-refractivity contribution in [3.63, 3.8) is 0 Å². The average Bonchev–Trinajstić information content (AvgIpc) is 2.62. The monoisotopic (exact) mass is 272 g/mol. The Morgan fingerprint density at radius 2 is 2.00 bits per heavy atom. The average molecular weight is 272 g/mol. The Hall–Kier alpha value is -2.03. The summed E-state index contributed by atoms with van der Waals surface area (Å²) in [5, 5.41) is 21.1. The Balaban J connectivity index is 2.27. The molecule has 0 aliphatic rings. The summed E-state index contributed by atoms with van der Waals surface area (Å²) in [7, 11) is 0. The van der Waals surface area contributed by atoms with E-state index >= 15 is 0 Å². The second kappa shape index (κ2) is 6.64. The SMILES string of the molecule is Cc1nnc(NC(=O)NC(=O)CCCC(=O)O)s1.